The number of nitrogens with one attached hydrogen (secondary N) is 1. The number of carbonyl (C=O) groups excluding carboxylic acids is 1. The Morgan fingerprint density at radius 3 is 2.73 bits per heavy atom. The van der Waals surface area contributed by atoms with Crippen LogP contribution in [0.15, 0.2) is 36.7 Å². The Kier molecular flexibility index (Phi) is 4.48. The Balaban J connectivity index is 1.67. The van der Waals surface area contributed by atoms with Crippen LogP contribution in [0.1, 0.15) is 36.0 Å². The van der Waals surface area contributed by atoms with E-state index < -0.39 is 0 Å². The summed E-state index contributed by atoms with van der Waals surface area (Å²) in [7, 11) is 1.71. The van der Waals surface area contributed by atoms with Crippen LogP contribution in [0.4, 0.5) is 0 Å². The number of ether oxygens (including phenoxy) is 1. The van der Waals surface area contributed by atoms with Crippen LogP contribution >= 0.6 is 0 Å². The van der Waals surface area contributed by atoms with E-state index in [2.05, 4.69) is 15.6 Å². The van der Waals surface area contributed by atoms with Gasteiger partial charge < -0.3 is 10.1 Å². The molecule has 1 fully saturated rings. The van der Waals surface area contributed by atoms with Crippen LogP contribution in [0.5, 0.6) is 0 Å². The molecule has 1 heterocycles. The average molecular weight is 300 g/mol. The zero-order chi connectivity index (χ0) is 15.4. The summed E-state index contributed by atoms with van der Waals surface area (Å²) in [5.41, 5.74) is 1.52. The van der Waals surface area contributed by atoms with E-state index >= 15 is 0 Å². The minimum atomic E-state index is -0.0564. The highest BCUT2D eigenvalue weighted by atomic mass is 16.5. The first-order valence-corrected chi connectivity index (χ1v) is 7.58. The van der Waals surface area contributed by atoms with Crippen molar-refractivity contribution in [3.8, 4) is 5.69 Å². The van der Waals surface area contributed by atoms with E-state index in [-0.39, 0.29) is 18.1 Å². The summed E-state index contributed by atoms with van der Waals surface area (Å²) in [5.74, 6) is -0.0564. The van der Waals surface area contributed by atoms with E-state index in [9.17, 15) is 4.79 Å². The molecule has 1 aliphatic carbocycles. The average Bonchev–Trinajstić information content (AvgIpc) is 3.10. The van der Waals surface area contributed by atoms with Crippen LogP contribution in [0.3, 0.4) is 0 Å². The van der Waals surface area contributed by atoms with Gasteiger partial charge >= 0.3 is 0 Å². The molecule has 1 aliphatic rings. The molecule has 2 aromatic rings. The Morgan fingerprint density at radius 2 is 2.05 bits per heavy atom. The number of amides is 1. The molecule has 116 valence electrons. The molecule has 0 radical (unpaired) electrons. The fourth-order valence-corrected chi connectivity index (χ4v) is 2.91. The largest absolute Gasteiger partial charge is 0.379 e. The van der Waals surface area contributed by atoms with Crippen molar-refractivity contribution < 1.29 is 9.53 Å². The van der Waals surface area contributed by atoms with Crippen molar-refractivity contribution in [2.75, 3.05) is 7.11 Å². The first kappa shape index (κ1) is 14.7. The number of nitrogens with zero attached hydrogens (tertiary/aromatic N) is 3. The van der Waals surface area contributed by atoms with Crippen LogP contribution in [-0.4, -0.2) is 40.2 Å². The SMILES string of the molecule is CO[C@@H]1CCCC[C@@H]1NC(=O)c1ccc(-n2ccnn2)cc1. The zero-order valence-electron chi connectivity index (χ0n) is 12.6. The maximum atomic E-state index is 12.4. The van der Waals surface area contributed by atoms with Crippen molar-refractivity contribution in [2.45, 2.75) is 37.8 Å². The van der Waals surface area contributed by atoms with Gasteiger partial charge in [-0.15, -0.1) is 5.10 Å². The molecule has 1 saturated carbocycles. The summed E-state index contributed by atoms with van der Waals surface area (Å²) in [5, 5.41) is 10.8. The van der Waals surface area contributed by atoms with Crippen LogP contribution in [0.2, 0.25) is 0 Å². The fourth-order valence-electron chi connectivity index (χ4n) is 2.91. The highest BCUT2D eigenvalue weighted by Crippen LogP contribution is 2.21. The van der Waals surface area contributed by atoms with Crippen molar-refractivity contribution in [2.24, 2.45) is 0 Å². The molecule has 6 nitrogen and oxygen atoms in total. The number of aromatic nitrogens is 3. The molecule has 1 amide bonds. The molecule has 0 saturated heterocycles. The van der Waals surface area contributed by atoms with Crippen LogP contribution in [0.25, 0.3) is 5.69 Å². The highest BCUT2D eigenvalue weighted by Gasteiger charge is 2.26. The standard InChI is InChI=1S/C16H20N4O2/c1-22-15-5-3-2-4-14(15)18-16(21)12-6-8-13(9-7-12)20-11-10-17-19-20/h6-11,14-15H,2-5H2,1H3,(H,18,21)/t14-,15+/m0/s1. The highest BCUT2D eigenvalue weighted by molar-refractivity contribution is 5.94. The van der Waals surface area contributed by atoms with Gasteiger partial charge in [-0.05, 0) is 37.1 Å². The van der Waals surface area contributed by atoms with E-state index in [1.54, 1.807) is 36.3 Å². The first-order valence-electron chi connectivity index (χ1n) is 7.58. The molecule has 2 atom stereocenters. The van der Waals surface area contributed by atoms with Crippen molar-refractivity contribution in [3.05, 3.63) is 42.2 Å². The van der Waals surface area contributed by atoms with Gasteiger partial charge in [-0.1, -0.05) is 18.1 Å². The normalized spacial score (nSPS) is 21.5. The number of methoxy groups -OCH3 is 1. The molecule has 0 aliphatic heterocycles. The minimum Gasteiger partial charge on any atom is -0.379 e. The Morgan fingerprint density at radius 1 is 1.27 bits per heavy atom. The molecule has 22 heavy (non-hydrogen) atoms. The summed E-state index contributed by atoms with van der Waals surface area (Å²) >= 11 is 0. The number of benzene rings is 1. The van der Waals surface area contributed by atoms with Gasteiger partial charge in [0.25, 0.3) is 5.91 Å². The monoisotopic (exact) mass is 300 g/mol. The summed E-state index contributed by atoms with van der Waals surface area (Å²) in [6.07, 6.45) is 7.78. The molecule has 1 aromatic heterocycles. The Labute approximate surface area is 129 Å². The molecule has 1 N–H and O–H groups in total. The number of hydrogen-bond acceptors (Lipinski definition) is 4. The molecular weight excluding hydrogens is 280 g/mol. The maximum Gasteiger partial charge on any atom is 0.251 e. The van der Waals surface area contributed by atoms with Crippen LogP contribution < -0.4 is 5.32 Å². The van der Waals surface area contributed by atoms with Gasteiger partial charge in [0, 0.05) is 12.7 Å². The van der Waals surface area contributed by atoms with E-state index in [0.29, 0.717) is 5.56 Å². The van der Waals surface area contributed by atoms with E-state index in [1.165, 1.54) is 0 Å². The third-order valence-corrected chi connectivity index (χ3v) is 4.14. The molecule has 0 unspecified atom stereocenters. The van der Waals surface area contributed by atoms with E-state index in [4.69, 9.17) is 4.74 Å². The zero-order valence-corrected chi connectivity index (χ0v) is 12.6. The fraction of sp³-hybridized carbons (Fsp3) is 0.438. The Hall–Kier alpha value is -2.21. The van der Waals surface area contributed by atoms with Crippen molar-refractivity contribution in [1.82, 2.24) is 20.3 Å². The summed E-state index contributed by atoms with van der Waals surface area (Å²) in [6, 6.07) is 7.42. The lowest BCUT2D eigenvalue weighted by molar-refractivity contribution is 0.0392. The molecule has 1 aromatic carbocycles. The maximum absolute atomic E-state index is 12.4. The van der Waals surface area contributed by atoms with Gasteiger partial charge in [0.15, 0.2) is 0 Å². The van der Waals surface area contributed by atoms with Crippen molar-refractivity contribution in [3.63, 3.8) is 0 Å². The number of carbonyl (C=O) groups is 1. The lowest BCUT2D eigenvalue weighted by Gasteiger charge is -2.31. The second-order valence-corrected chi connectivity index (χ2v) is 5.53. The molecule has 6 heteroatoms. The van der Waals surface area contributed by atoms with Crippen molar-refractivity contribution >= 4 is 5.91 Å². The third-order valence-electron chi connectivity index (χ3n) is 4.14. The van der Waals surface area contributed by atoms with Gasteiger partial charge in [0.05, 0.1) is 30.2 Å². The minimum absolute atomic E-state index is 0.0564. The quantitative estimate of drug-likeness (QED) is 0.937. The van der Waals surface area contributed by atoms with Crippen LogP contribution in [0, 0.1) is 0 Å². The molecular formula is C16H20N4O2. The van der Waals surface area contributed by atoms with E-state index in [0.717, 1.165) is 31.4 Å². The third kappa shape index (κ3) is 3.17. The lowest BCUT2D eigenvalue weighted by Crippen LogP contribution is -2.45. The summed E-state index contributed by atoms with van der Waals surface area (Å²) in [4.78, 5) is 12.4. The molecule has 0 spiro atoms. The first-order chi connectivity index (χ1) is 10.8. The number of hydrogen-bond donors (Lipinski definition) is 1. The van der Waals surface area contributed by atoms with E-state index in [1.807, 2.05) is 12.1 Å². The van der Waals surface area contributed by atoms with Gasteiger partial charge in [0.2, 0.25) is 0 Å². The predicted molar refractivity (Wildman–Crippen MR) is 81.9 cm³/mol. The number of rotatable bonds is 4. The van der Waals surface area contributed by atoms with Gasteiger partial charge in [-0.2, -0.15) is 0 Å². The summed E-state index contributed by atoms with van der Waals surface area (Å²) < 4.78 is 7.13. The smallest absolute Gasteiger partial charge is 0.251 e. The topological polar surface area (TPSA) is 69.0 Å². The van der Waals surface area contributed by atoms with Gasteiger partial charge in [-0.3, -0.25) is 4.79 Å². The second-order valence-electron chi connectivity index (χ2n) is 5.53. The summed E-state index contributed by atoms with van der Waals surface area (Å²) in [6.45, 7) is 0. The molecule has 3 rings (SSSR count). The second kappa shape index (κ2) is 6.70. The Bertz CT molecular complexity index is 610. The van der Waals surface area contributed by atoms with Gasteiger partial charge in [-0.25, -0.2) is 4.68 Å². The van der Waals surface area contributed by atoms with Gasteiger partial charge in [0.1, 0.15) is 0 Å². The predicted octanol–water partition coefficient (Wildman–Crippen LogP) is 1.95. The van der Waals surface area contributed by atoms with Crippen LogP contribution in [-0.2, 0) is 4.74 Å². The lowest BCUT2D eigenvalue weighted by atomic mass is 9.92. The van der Waals surface area contributed by atoms with Crippen molar-refractivity contribution in [1.29, 1.82) is 0 Å². The molecule has 0 bridgehead atoms.